The number of hydrogen-bond donors (Lipinski definition) is 4. The van der Waals surface area contributed by atoms with E-state index in [4.69, 9.17) is 20.4 Å². The Morgan fingerprint density at radius 3 is 1.50 bits per heavy atom. The first-order valence-corrected chi connectivity index (χ1v) is 2.18. The van der Waals surface area contributed by atoms with Crippen LogP contribution >= 0.6 is 0 Å². The monoisotopic (exact) mass is 121 g/mol. The molecule has 0 saturated carbocycles. The fourth-order valence-corrected chi connectivity index (χ4v) is 0.221. The van der Waals surface area contributed by atoms with Gasteiger partial charge in [-0.2, -0.15) is 0 Å². The molecule has 4 heteroatoms. The Morgan fingerprint density at radius 1 is 1.12 bits per heavy atom. The van der Waals surface area contributed by atoms with Gasteiger partial charge in [0.1, 0.15) is 0 Å². The second-order valence-corrected chi connectivity index (χ2v) is 1.42. The number of aliphatic hydroxyl groups excluding tert-OH is 3. The van der Waals surface area contributed by atoms with Gasteiger partial charge < -0.3 is 20.4 Å². The van der Waals surface area contributed by atoms with Gasteiger partial charge in [-0.3, -0.25) is 0 Å². The molecular weight excluding hydrogens is 112 g/mol. The highest BCUT2D eigenvalue weighted by Gasteiger charge is 2.14. The molecule has 0 aromatic carbocycles. The summed E-state index contributed by atoms with van der Waals surface area (Å²) < 4.78 is 0. The Balaban J connectivity index is 3.35. The van der Waals surface area contributed by atoms with Crippen molar-refractivity contribution < 1.29 is 20.4 Å². The predicted molar refractivity (Wildman–Crippen MR) is 24.8 cm³/mol. The molecule has 49 valence electrons. The molecule has 0 spiro atoms. The van der Waals surface area contributed by atoms with Gasteiger partial charge in [-0.1, -0.05) is 0 Å². The van der Waals surface area contributed by atoms with Crippen molar-refractivity contribution in [2.24, 2.45) is 5.92 Å². The lowest BCUT2D eigenvalue weighted by atomic mass is 10.2. The van der Waals surface area contributed by atoms with E-state index in [1.165, 1.54) is 0 Å². The van der Waals surface area contributed by atoms with Crippen molar-refractivity contribution >= 4 is 0 Å². The molecule has 0 aliphatic rings. The lowest BCUT2D eigenvalue weighted by molar-refractivity contribution is -0.00916. The molecule has 4 N–H and O–H groups in total. The molecule has 8 heavy (non-hydrogen) atoms. The molecule has 0 aliphatic heterocycles. The van der Waals surface area contributed by atoms with Gasteiger partial charge in [-0.25, -0.2) is 0 Å². The van der Waals surface area contributed by atoms with Gasteiger partial charge in [0.25, 0.3) is 0 Å². The van der Waals surface area contributed by atoms with Crippen molar-refractivity contribution in [2.45, 2.75) is 0 Å². The molecule has 0 unspecified atom stereocenters. The molecular formula is C4H9O4. The first-order chi connectivity index (χ1) is 3.72. The molecule has 0 bridgehead atoms. The number of hydrogen-bond acceptors (Lipinski definition) is 4. The summed E-state index contributed by atoms with van der Waals surface area (Å²) in [5.74, 6) is -0.907. The SMILES string of the molecule is OCC(CO)[C](O)O. The fourth-order valence-electron chi connectivity index (χ4n) is 0.221. The van der Waals surface area contributed by atoms with Crippen molar-refractivity contribution in [2.75, 3.05) is 13.2 Å². The molecule has 4 nitrogen and oxygen atoms in total. The summed E-state index contributed by atoms with van der Waals surface area (Å²) in [6.45, 7) is -0.891. The van der Waals surface area contributed by atoms with E-state index in [9.17, 15) is 0 Å². The van der Waals surface area contributed by atoms with Crippen LogP contribution in [0.4, 0.5) is 0 Å². The van der Waals surface area contributed by atoms with Crippen molar-refractivity contribution in [1.29, 1.82) is 0 Å². The molecule has 0 aromatic heterocycles. The molecule has 1 radical (unpaired) electrons. The Morgan fingerprint density at radius 2 is 1.50 bits per heavy atom. The predicted octanol–water partition coefficient (Wildman–Crippen LogP) is -1.18. The summed E-state index contributed by atoms with van der Waals surface area (Å²) in [7, 11) is 0. The van der Waals surface area contributed by atoms with Crippen molar-refractivity contribution in [3.8, 4) is 0 Å². The lowest BCUT2D eigenvalue weighted by Crippen LogP contribution is -2.19. The normalized spacial score (nSPS) is 11.2. The zero-order valence-corrected chi connectivity index (χ0v) is 4.28. The Kier molecular flexibility index (Phi) is 3.72. The minimum Gasteiger partial charge on any atom is -0.396 e. The third kappa shape index (κ3) is 2.23. The van der Waals surface area contributed by atoms with Crippen LogP contribution in [-0.2, 0) is 0 Å². The van der Waals surface area contributed by atoms with Crippen LogP contribution in [0.2, 0.25) is 0 Å². The van der Waals surface area contributed by atoms with E-state index in [1.807, 2.05) is 0 Å². The summed E-state index contributed by atoms with van der Waals surface area (Å²) >= 11 is 0. The van der Waals surface area contributed by atoms with Crippen LogP contribution < -0.4 is 0 Å². The smallest absolute Gasteiger partial charge is 0.226 e. The maximum atomic E-state index is 8.20. The third-order valence-electron chi connectivity index (χ3n) is 0.806. The van der Waals surface area contributed by atoms with Crippen molar-refractivity contribution in [1.82, 2.24) is 0 Å². The molecule has 0 saturated heterocycles. The van der Waals surface area contributed by atoms with E-state index in [0.29, 0.717) is 0 Å². The molecule has 0 rings (SSSR count). The van der Waals surface area contributed by atoms with E-state index in [1.54, 1.807) is 0 Å². The van der Waals surface area contributed by atoms with Crippen molar-refractivity contribution in [3.05, 3.63) is 6.29 Å². The van der Waals surface area contributed by atoms with E-state index in [2.05, 4.69) is 0 Å². The second kappa shape index (κ2) is 3.80. The summed E-state index contributed by atoms with van der Waals surface area (Å²) in [5, 5.41) is 32.7. The largest absolute Gasteiger partial charge is 0.396 e. The summed E-state index contributed by atoms with van der Waals surface area (Å²) in [5.41, 5.74) is 0. The quantitative estimate of drug-likeness (QED) is 0.379. The first-order valence-electron chi connectivity index (χ1n) is 2.18. The maximum Gasteiger partial charge on any atom is 0.226 e. The first kappa shape index (κ1) is 7.84. The van der Waals surface area contributed by atoms with Crippen LogP contribution in [0.1, 0.15) is 0 Å². The number of aliphatic hydroxyl groups is 4. The van der Waals surface area contributed by atoms with Crippen LogP contribution in [0, 0.1) is 12.2 Å². The maximum absolute atomic E-state index is 8.20. The Hall–Kier alpha value is -0.160. The standard InChI is InChI=1S/C4H9O4/c5-1-3(2-6)4(7)8/h3,5-8H,1-2H2. The highest BCUT2D eigenvalue weighted by Crippen LogP contribution is 2.03. The summed E-state index contributed by atoms with van der Waals surface area (Å²) in [4.78, 5) is 0. The minimum absolute atomic E-state index is 0.446. The zero-order chi connectivity index (χ0) is 6.57. The second-order valence-electron chi connectivity index (χ2n) is 1.42. The van der Waals surface area contributed by atoms with Crippen molar-refractivity contribution in [3.63, 3.8) is 0 Å². The van der Waals surface area contributed by atoms with E-state index in [-0.39, 0.29) is 0 Å². The van der Waals surface area contributed by atoms with Crippen LogP contribution in [-0.4, -0.2) is 33.6 Å². The van der Waals surface area contributed by atoms with Gasteiger partial charge in [0, 0.05) is 0 Å². The van der Waals surface area contributed by atoms with E-state index in [0.717, 1.165) is 0 Å². The van der Waals surface area contributed by atoms with Crippen LogP contribution in [0.5, 0.6) is 0 Å². The lowest BCUT2D eigenvalue weighted by Gasteiger charge is -2.09. The summed E-state index contributed by atoms with van der Waals surface area (Å²) in [6, 6.07) is 0. The summed E-state index contributed by atoms with van der Waals surface area (Å²) in [6.07, 6.45) is -0.921. The molecule has 0 heterocycles. The average molecular weight is 121 g/mol. The highest BCUT2D eigenvalue weighted by molar-refractivity contribution is 4.70. The van der Waals surface area contributed by atoms with E-state index < -0.39 is 25.4 Å². The van der Waals surface area contributed by atoms with Gasteiger partial charge >= 0.3 is 0 Å². The topological polar surface area (TPSA) is 80.9 Å². The van der Waals surface area contributed by atoms with Gasteiger partial charge in [-0.05, 0) is 0 Å². The van der Waals surface area contributed by atoms with Gasteiger partial charge in [-0.15, -0.1) is 0 Å². The number of rotatable bonds is 3. The molecule has 0 fully saturated rings. The van der Waals surface area contributed by atoms with Gasteiger partial charge in [0.05, 0.1) is 19.1 Å². The average Bonchev–Trinajstić information content (AvgIpc) is 1.69. The third-order valence-corrected chi connectivity index (χ3v) is 0.806. The zero-order valence-electron chi connectivity index (χ0n) is 4.28. The highest BCUT2D eigenvalue weighted by atomic mass is 16.5. The van der Waals surface area contributed by atoms with Crippen LogP contribution in [0.15, 0.2) is 0 Å². The van der Waals surface area contributed by atoms with E-state index >= 15 is 0 Å². The Bertz CT molecular complexity index is 50.0. The molecule has 0 aliphatic carbocycles. The molecule has 0 amide bonds. The van der Waals surface area contributed by atoms with Gasteiger partial charge in [0.15, 0.2) is 0 Å². The Labute approximate surface area is 47.0 Å². The molecule has 0 aromatic rings. The van der Waals surface area contributed by atoms with Crippen LogP contribution in [0.25, 0.3) is 0 Å². The minimum atomic E-state index is -0.921. The molecule has 0 atom stereocenters. The van der Waals surface area contributed by atoms with Crippen LogP contribution in [0.3, 0.4) is 0 Å². The fraction of sp³-hybridized carbons (Fsp3) is 0.750. The van der Waals surface area contributed by atoms with Gasteiger partial charge in [0.2, 0.25) is 6.29 Å².